The molecule has 21 heavy (non-hydrogen) atoms. The molecule has 1 heterocycles. The number of piperidine rings is 1. The number of aliphatic imine (C=N–C) groups is 1. The van der Waals surface area contributed by atoms with Crippen LogP contribution in [0.5, 0.6) is 0 Å². The lowest BCUT2D eigenvalue weighted by Gasteiger charge is -2.21. The third-order valence-corrected chi connectivity index (χ3v) is 4.12. The number of hydrogen-bond acceptors (Lipinski definition) is 2. The SMILES string of the molecule is CC=Nc1c(C)cccc1C.CCCCC1CCNCC1. The zero-order chi connectivity index (χ0) is 15.5. The number of nitrogens with one attached hydrogen (secondary N) is 1. The molecule has 1 aliphatic heterocycles. The molecule has 2 rings (SSSR count). The van der Waals surface area contributed by atoms with Crippen molar-refractivity contribution in [3.8, 4) is 0 Å². The molecule has 1 N–H and O–H groups in total. The molecule has 0 atom stereocenters. The molecule has 0 bridgehead atoms. The molecule has 118 valence electrons. The summed E-state index contributed by atoms with van der Waals surface area (Å²) in [5.41, 5.74) is 3.58. The number of hydrogen-bond donors (Lipinski definition) is 1. The van der Waals surface area contributed by atoms with Gasteiger partial charge < -0.3 is 5.32 Å². The highest BCUT2D eigenvalue weighted by Gasteiger charge is 2.11. The Morgan fingerprint density at radius 1 is 1.19 bits per heavy atom. The number of benzene rings is 1. The molecule has 0 radical (unpaired) electrons. The molecule has 0 saturated carbocycles. The molecule has 1 aromatic carbocycles. The summed E-state index contributed by atoms with van der Waals surface area (Å²) in [6.45, 7) is 10.9. The lowest BCUT2D eigenvalue weighted by Crippen LogP contribution is -2.27. The van der Waals surface area contributed by atoms with E-state index >= 15 is 0 Å². The monoisotopic (exact) mass is 288 g/mol. The van der Waals surface area contributed by atoms with E-state index in [1.807, 2.05) is 13.1 Å². The summed E-state index contributed by atoms with van der Waals surface area (Å²) in [4.78, 5) is 4.28. The zero-order valence-electron chi connectivity index (χ0n) is 14.3. The van der Waals surface area contributed by atoms with Crippen LogP contribution in [0.3, 0.4) is 0 Å². The Morgan fingerprint density at radius 3 is 2.33 bits per heavy atom. The van der Waals surface area contributed by atoms with Gasteiger partial charge in [-0.15, -0.1) is 0 Å². The second kappa shape index (κ2) is 10.6. The molecular weight excluding hydrogens is 256 g/mol. The van der Waals surface area contributed by atoms with Gasteiger partial charge in [0.2, 0.25) is 0 Å². The van der Waals surface area contributed by atoms with Gasteiger partial charge in [-0.05, 0) is 63.7 Å². The predicted molar refractivity (Wildman–Crippen MR) is 94.9 cm³/mol. The van der Waals surface area contributed by atoms with Gasteiger partial charge in [-0.2, -0.15) is 0 Å². The van der Waals surface area contributed by atoms with E-state index in [1.54, 1.807) is 0 Å². The van der Waals surface area contributed by atoms with Gasteiger partial charge in [-0.1, -0.05) is 44.4 Å². The van der Waals surface area contributed by atoms with E-state index in [1.165, 1.54) is 56.3 Å². The number of nitrogens with zero attached hydrogens (tertiary/aromatic N) is 1. The van der Waals surface area contributed by atoms with E-state index in [-0.39, 0.29) is 0 Å². The lowest BCUT2D eigenvalue weighted by atomic mass is 9.93. The second-order valence-corrected chi connectivity index (χ2v) is 5.96. The molecule has 0 aliphatic carbocycles. The average Bonchev–Trinajstić information content (AvgIpc) is 2.51. The molecule has 1 aliphatic rings. The third kappa shape index (κ3) is 6.90. The van der Waals surface area contributed by atoms with Crippen molar-refractivity contribution in [1.82, 2.24) is 5.32 Å². The molecule has 2 heteroatoms. The van der Waals surface area contributed by atoms with Crippen molar-refractivity contribution in [1.29, 1.82) is 0 Å². The Balaban J connectivity index is 0.000000211. The van der Waals surface area contributed by atoms with Crippen LogP contribution in [0.15, 0.2) is 23.2 Å². The number of aryl methyl sites for hydroxylation is 2. The first-order chi connectivity index (χ1) is 10.2. The second-order valence-electron chi connectivity index (χ2n) is 5.96. The standard InChI is InChI=1S/C10H13N.C9H19N/c1-4-11-10-8(2)6-5-7-9(10)3;1-2-3-4-9-5-7-10-8-6-9/h4-7H,1-3H3;9-10H,2-8H2,1H3. The highest BCUT2D eigenvalue weighted by molar-refractivity contribution is 5.64. The first-order valence-electron chi connectivity index (χ1n) is 8.44. The predicted octanol–water partition coefficient (Wildman–Crippen LogP) is 5.20. The number of unbranched alkanes of at least 4 members (excludes halogenated alkanes) is 1. The maximum absolute atomic E-state index is 4.28. The van der Waals surface area contributed by atoms with E-state index in [0.717, 1.165) is 11.6 Å². The van der Waals surface area contributed by atoms with E-state index < -0.39 is 0 Å². The van der Waals surface area contributed by atoms with E-state index in [9.17, 15) is 0 Å². The molecule has 1 aromatic rings. The van der Waals surface area contributed by atoms with Crippen LogP contribution in [0.4, 0.5) is 5.69 Å². The summed E-state index contributed by atoms with van der Waals surface area (Å²) in [6, 6.07) is 6.21. The van der Waals surface area contributed by atoms with Crippen molar-refractivity contribution in [3.63, 3.8) is 0 Å². The van der Waals surface area contributed by atoms with E-state index in [4.69, 9.17) is 0 Å². The fourth-order valence-corrected chi connectivity index (χ4v) is 2.80. The summed E-state index contributed by atoms with van der Waals surface area (Å²) < 4.78 is 0. The summed E-state index contributed by atoms with van der Waals surface area (Å²) in [6.07, 6.45) is 8.93. The van der Waals surface area contributed by atoms with Crippen molar-refractivity contribution in [2.75, 3.05) is 13.1 Å². The molecule has 1 fully saturated rings. The van der Waals surface area contributed by atoms with Crippen LogP contribution < -0.4 is 5.32 Å². The summed E-state index contributed by atoms with van der Waals surface area (Å²) >= 11 is 0. The molecule has 0 aromatic heterocycles. The van der Waals surface area contributed by atoms with Crippen molar-refractivity contribution in [2.45, 2.75) is 59.8 Å². The van der Waals surface area contributed by atoms with Crippen LogP contribution in [-0.2, 0) is 0 Å². The van der Waals surface area contributed by atoms with Gasteiger partial charge in [0.05, 0.1) is 5.69 Å². The van der Waals surface area contributed by atoms with Crippen molar-refractivity contribution in [2.24, 2.45) is 10.9 Å². The number of para-hydroxylation sites is 1. The van der Waals surface area contributed by atoms with Gasteiger partial charge in [0.25, 0.3) is 0 Å². The average molecular weight is 288 g/mol. The van der Waals surface area contributed by atoms with Gasteiger partial charge in [-0.25, -0.2) is 0 Å². The quantitative estimate of drug-likeness (QED) is 0.756. The Hall–Kier alpha value is -1.15. The van der Waals surface area contributed by atoms with E-state index in [2.05, 4.69) is 49.3 Å². The fourth-order valence-electron chi connectivity index (χ4n) is 2.80. The Kier molecular flexibility index (Phi) is 9.00. The van der Waals surface area contributed by atoms with Gasteiger partial charge in [-0.3, -0.25) is 4.99 Å². The smallest absolute Gasteiger partial charge is 0.0683 e. The molecule has 0 spiro atoms. The minimum absolute atomic E-state index is 1.04. The van der Waals surface area contributed by atoms with Crippen molar-refractivity contribution >= 4 is 11.9 Å². The van der Waals surface area contributed by atoms with Crippen molar-refractivity contribution < 1.29 is 0 Å². The highest BCUT2D eigenvalue weighted by Crippen LogP contribution is 2.22. The van der Waals surface area contributed by atoms with Crippen molar-refractivity contribution in [3.05, 3.63) is 29.3 Å². The van der Waals surface area contributed by atoms with E-state index in [0.29, 0.717) is 0 Å². The normalized spacial score (nSPS) is 15.8. The summed E-state index contributed by atoms with van der Waals surface area (Å²) in [5.74, 6) is 1.04. The minimum Gasteiger partial charge on any atom is -0.317 e. The third-order valence-electron chi connectivity index (χ3n) is 4.12. The van der Waals surface area contributed by atoms with Gasteiger partial charge >= 0.3 is 0 Å². The van der Waals surface area contributed by atoms with Crippen LogP contribution in [0.2, 0.25) is 0 Å². The Bertz CT molecular complexity index is 397. The van der Waals surface area contributed by atoms with Crippen LogP contribution in [0.1, 0.15) is 57.1 Å². The number of rotatable bonds is 4. The molecule has 1 saturated heterocycles. The Labute approximate surface area is 131 Å². The maximum atomic E-state index is 4.28. The largest absolute Gasteiger partial charge is 0.317 e. The Morgan fingerprint density at radius 2 is 1.81 bits per heavy atom. The molecule has 2 nitrogen and oxygen atoms in total. The zero-order valence-corrected chi connectivity index (χ0v) is 14.3. The molecule has 0 amide bonds. The maximum Gasteiger partial charge on any atom is 0.0683 e. The fraction of sp³-hybridized carbons (Fsp3) is 0.632. The minimum atomic E-state index is 1.04. The summed E-state index contributed by atoms with van der Waals surface area (Å²) in [7, 11) is 0. The summed E-state index contributed by atoms with van der Waals surface area (Å²) in [5, 5.41) is 3.39. The van der Waals surface area contributed by atoms with Crippen LogP contribution in [0, 0.1) is 19.8 Å². The molecular formula is C19H32N2. The highest BCUT2D eigenvalue weighted by atomic mass is 14.9. The van der Waals surface area contributed by atoms with Gasteiger partial charge in [0, 0.05) is 6.21 Å². The molecule has 0 unspecified atom stereocenters. The van der Waals surface area contributed by atoms with Gasteiger partial charge in [0.15, 0.2) is 0 Å². The lowest BCUT2D eigenvalue weighted by molar-refractivity contribution is 0.346. The first-order valence-corrected chi connectivity index (χ1v) is 8.44. The van der Waals surface area contributed by atoms with Crippen LogP contribution >= 0.6 is 0 Å². The topological polar surface area (TPSA) is 24.4 Å². The van der Waals surface area contributed by atoms with Crippen LogP contribution in [-0.4, -0.2) is 19.3 Å². The van der Waals surface area contributed by atoms with Crippen LogP contribution in [0.25, 0.3) is 0 Å². The van der Waals surface area contributed by atoms with Gasteiger partial charge in [0.1, 0.15) is 0 Å². The first kappa shape index (κ1) is 17.9.